The zero-order chi connectivity index (χ0) is 17.6. The van der Waals surface area contributed by atoms with Gasteiger partial charge in [0.25, 0.3) is 0 Å². The van der Waals surface area contributed by atoms with Gasteiger partial charge in [-0.25, -0.2) is 9.48 Å². The lowest BCUT2D eigenvalue weighted by atomic mass is 10.0. The molecule has 2 heterocycles. The molecule has 0 saturated carbocycles. The Balaban J connectivity index is 1.76. The van der Waals surface area contributed by atoms with E-state index in [1.54, 1.807) is 41.1 Å². The molecule has 3 aromatic rings. The molecule has 1 aromatic carbocycles. The summed E-state index contributed by atoms with van der Waals surface area (Å²) in [6.07, 6.45) is 0.865. The number of rotatable bonds is 7. The van der Waals surface area contributed by atoms with Crippen molar-refractivity contribution in [3.8, 4) is 0 Å². The van der Waals surface area contributed by atoms with E-state index in [0.29, 0.717) is 22.8 Å². The number of hydrogen-bond acceptors (Lipinski definition) is 7. The van der Waals surface area contributed by atoms with Crippen LogP contribution in [0.2, 0.25) is 0 Å². The largest absolute Gasteiger partial charge is 0.454 e. The third-order valence-corrected chi connectivity index (χ3v) is 4.38. The van der Waals surface area contributed by atoms with Gasteiger partial charge < -0.3 is 4.74 Å². The third kappa shape index (κ3) is 3.80. The van der Waals surface area contributed by atoms with E-state index < -0.39 is 5.97 Å². The maximum Gasteiger partial charge on any atom is 0.339 e. The van der Waals surface area contributed by atoms with Crippen LogP contribution in [0.15, 0.2) is 41.8 Å². The van der Waals surface area contributed by atoms with E-state index in [9.17, 15) is 9.59 Å². The number of ketones is 1. The van der Waals surface area contributed by atoms with Gasteiger partial charge in [-0.15, -0.1) is 16.4 Å². The first kappa shape index (κ1) is 17.0. The summed E-state index contributed by atoms with van der Waals surface area (Å²) in [6.45, 7) is 2.60. The Hall–Kier alpha value is -2.87. The second-order valence-corrected chi connectivity index (χ2v) is 6.19. The van der Waals surface area contributed by atoms with Gasteiger partial charge in [0.2, 0.25) is 5.78 Å². The van der Waals surface area contributed by atoms with Crippen molar-refractivity contribution < 1.29 is 14.3 Å². The number of nitrogens with zero attached hydrogens (tertiary/aromatic N) is 4. The zero-order valence-corrected chi connectivity index (χ0v) is 14.4. The van der Waals surface area contributed by atoms with Gasteiger partial charge in [0.15, 0.2) is 12.4 Å². The highest BCUT2D eigenvalue weighted by Crippen LogP contribution is 2.19. The molecule has 128 valence electrons. The summed E-state index contributed by atoms with van der Waals surface area (Å²) in [4.78, 5) is 25.6. The quantitative estimate of drug-likeness (QED) is 0.478. The standard InChI is InChI=1S/C17H16N4O3S/c1-2-9-21-15(18-19-20-21)11-24-17(23)13-7-4-3-6-12(13)16(22)14-8-5-10-25-14/h3-8,10H,2,9,11H2,1H3. The van der Waals surface area contributed by atoms with Gasteiger partial charge in [0.05, 0.1) is 10.4 Å². The number of thiophene rings is 1. The fourth-order valence-corrected chi connectivity index (χ4v) is 3.00. The summed E-state index contributed by atoms with van der Waals surface area (Å²) in [7, 11) is 0. The first-order valence-electron chi connectivity index (χ1n) is 7.80. The molecular formula is C17H16N4O3S. The van der Waals surface area contributed by atoms with Gasteiger partial charge in [-0.1, -0.05) is 31.2 Å². The van der Waals surface area contributed by atoms with E-state index in [1.165, 1.54) is 11.3 Å². The van der Waals surface area contributed by atoms with Crippen LogP contribution in [0.25, 0.3) is 0 Å². The smallest absolute Gasteiger partial charge is 0.339 e. The van der Waals surface area contributed by atoms with Crippen molar-refractivity contribution in [3.63, 3.8) is 0 Å². The number of esters is 1. The van der Waals surface area contributed by atoms with E-state index >= 15 is 0 Å². The van der Waals surface area contributed by atoms with Crippen LogP contribution in [0.4, 0.5) is 0 Å². The minimum Gasteiger partial charge on any atom is -0.454 e. The number of carbonyl (C=O) groups is 2. The van der Waals surface area contributed by atoms with E-state index in [0.717, 1.165) is 6.42 Å². The van der Waals surface area contributed by atoms with E-state index in [1.807, 2.05) is 12.3 Å². The summed E-state index contributed by atoms with van der Waals surface area (Å²) in [5.74, 6) is -0.304. The number of ether oxygens (including phenoxy) is 1. The maximum atomic E-state index is 12.6. The first-order chi connectivity index (χ1) is 12.2. The molecule has 0 saturated heterocycles. The molecule has 7 nitrogen and oxygen atoms in total. The second kappa shape index (κ2) is 7.80. The minimum atomic E-state index is -0.577. The Morgan fingerprint density at radius 3 is 2.68 bits per heavy atom. The van der Waals surface area contributed by atoms with Gasteiger partial charge in [-0.05, 0) is 34.4 Å². The van der Waals surface area contributed by atoms with Crippen molar-refractivity contribution in [2.24, 2.45) is 0 Å². The fraction of sp³-hybridized carbons (Fsp3) is 0.235. The Labute approximate surface area is 148 Å². The lowest BCUT2D eigenvalue weighted by Crippen LogP contribution is -2.14. The SMILES string of the molecule is CCCn1nnnc1COC(=O)c1ccccc1C(=O)c1cccs1. The van der Waals surface area contributed by atoms with Crippen LogP contribution >= 0.6 is 11.3 Å². The Morgan fingerprint density at radius 2 is 1.96 bits per heavy atom. The molecule has 0 unspecified atom stereocenters. The van der Waals surface area contributed by atoms with Crippen LogP contribution < -0.4 is 0 Å². The predicted octanol–water partition coefficient (Wildman–Crippen LogP) is 2.73. The number of aryl methyl sites for hydroxylation is 1. The van der Waals surface area contributed by atoms with Gasteiger partial charge in [0.1, 0.15) is 0 Å². The molecular weight excluding hydrogens is 340 g/mol. The zero-order valence-electron chi connectivity index (χ0n) is 13.6. The topological polar surface area (TPSA) is 87.0 Å². The first-order valence-corrected chi connectivity index (χ1v) is 8.68. The molecule has 0 spiro atoms. The summed E-state index contributed by atoms with van der Waals surface area (Å²) >= 11 is 1.33. The van der Waals surface area contributed by atoms with E-state index in [-0.39, 0.29) is 18.0 Å². The van der Waals surface area contributed by atoms with Crippen LogP contribution in [0.5, 0.6) is 0 Å². The number of carbonyl (C=O) groups excluding carboxylic acids is 2. The van der Waals surface area contributed by atoms with Crippen LogP contribution in [0.3, 0.4) is 0 Å². The molecule has 0 bridgehead atoms. The monoisotopic (exact) mass is 356 g/mol. The van der Waals surface area contributed by atoms with E-state index in [4.69, 9.17) is 4.74 Å². The molecule has 0 N–H and O–H groups in total. The number of tetrazole rings is 1. The highest BCUT2D eigenvalue weighted by molar-refractivity contribution is 7.12. The average Bonchev–Trinajstić information content (AvgIpc) is 3.31. The number of hydrogen-bond donors (Lipinski definition) is 0. The molecule has 0 aliphatic carbocycles. The highest BCUT2D eigenvalue weighted by atomic mass is 32.1. The molecule has 0 aliphatic heterocycles. The summed E-state index contributed by atoms with van der Waals surface area (Å²) < 4.78 is 6.91. The van der Waals surface area contributed by atoms with Crippen molar-refractivity contribution in [1.82, 2.24) is 20.2 Å². The van der Waals surface area contributed by atoms with Crippen LogP contribution in [-0.4, -0.2) is 32.0 Å². The predicted molar refractivity (Wildman–Crippen MR) is 91.4 cm³/mol. The van der Waals surface area contributed by atoms with Gasteiger partial charge in [-0.3, -0.25) is 4.79 Å². The molecule has 0 amide bonds. The maximum absolute atomic E-state index is 12.6. The lowest BCUT2D eigenvalue weighted by molar-refractivity contribution is 0.0454. The number of aromatic nitrogens is 4. The van der Waals surface area contributed by atoms with Crippen molar-refractivity contribution in [2.45, 2.75) is 26.5 Å². The normalized spacial score (nSPS) is 10.6. The van der Waals surface area contributed by atoms with Gasteiger partial charge in [-0.2, -0.15) is 0 Å². The fourth-order valence-electron chi connectivity index (χ4n) is 2.32. The molecule has 3 rings (SSSR count). The van der Waals surface area contributed by atoms with Crippen LogP contribution in [-0.2, 0) is 17.9 Å². The summed E-state index contributed by atoms with van der Waals surface area (Å²) in [6, 6.07) is 10.2. The molecule has 25 heavy (non-hydrogen) atoms. The van der Waals surface area contributed by atoms with Crippen molar-refractivity contribution in [2.75, 3.05) is 0 Å². The Kier molecular flexibility index (Phi) is 5.30. The Morgan fingerprint density at radius 1 is 1.16 bits per heavy atom. The Bertz CT molecular complexity index is 874. The molecule has 0 radical (unpaired) electrons. The third-order valence-electron chi connectivity index (χ3n) is 3.51. The number of benzene rings is 1. The molecule has 8 heteroatoms. The van der Waals surface area contributed by atoms with E-state index in [2.05, 4.69) is 15.5 Å². The van der Waals surface area contributed by atoms with Crippen LogP contribution in [0.1, 0.15) is 44.8 Å². The van der Waals surface area contributed by atoms with Crippen molar-refractivity contribution in [3.05, 3.63) is 63.6 Å². The van der Waals surface area contributed by atoms with Crippen LogP contribution in [0, 0.1) is 0 Å². The summed E-state index contributed by atoms with van der Waals surface area (Å²) in [5, 5.41) is 13.1. The summed E-state index contributed by atoms with van der Waals surface area (Å²) in [5.41, 5.74) is 0.554. The highest BCUT2D eigenvalue weighted by Gasteiger charge is 2.20. The average molecular weight is 356 g/mol. The minimum absolute atomic E-state index is 0.0483. The van der Waals surface area contributed by atoms with Crippen molar-refractivity contribution in [1.29, 1.82) is 0 Å². The molecule has 0 atom stereocenters. The lowest BCUT2D eigenvalue weighted by Gasteiger charge is -2.08. The molecule has 2 aromatic heterocycles. The van der Waals surface area contributed by atoms with Gasteiger partial charge >= 0.3 is 5.97 Å². The van der Waals surface area contributed by atoms with Crippen molar-refractivity contribution >= 4 is 23.1 Å². The molecule has 0 fully saturated rings. The van der Waals surface area contributed by atoms with Gasteiger partial charge in [0, 0.05) is 12.1 Å². The second-order valence-electron chi connectivity index (χ2n) is 5.25. The molecule has 0 aliphatic rings.